The summed E-state index contributed by atoms with van der Waals surface area (Å²) in [5, 5.41) is 3.40. The van der Waals surface area contributed by atoms with Gasteiger partial charge in [0.15, 0.2) is 11.5 Å². The van der Waals surface area contributed by atoms with Crippen molar-refractivity contribution in [3.8, 4) is 11.5 Å². The van der Waals surface area contributed by atoms with Gasteiger partial charge in [-0.1, -0.05) is 15.9 Å². The zero-order valence-corrected chi connectivity index (χ0v) is 13.5. The summed E-state index contributed by atoms with van der Waals surface area (Å²) in [5.74, 6) is 1.62. The molecule has 1 aromatic carbocycles. The Balaban J connectivity index is 1.99. The van der Waals surface area contributed by atoms with Crippen LogP contribution < -0.4 is 14.8 Å². The molecule has 0 aliphatic carbocycles. The van der Waals surface area contributed by atoms with Crippen LogP contribution in [0.4, 0.5) is 0 Å². The van der Waals surface area contributed by atoms with Gasteiger partial charge in [0.05, 0.1) is 11.6 Å². The van der Waals surface area contributed by atoms with Crippen LogP contribution in [0.2, 0.25) is 0 Å². The second kappa shape index (κ2) is 5.54. The molecule has 1 saturated heterocycles. The molecule has 0 bridgehead atoms. The molecule has 0 saturated carbocycles. The molecule has 0 radical (unpaired) electrons. The van der Waals surface area contributed by atoms with E-state index in [0.29, 0.717) is 13.2 Å². The average Bonchev–Trinajstić information content (AvgIpc) is 2.88. The van der Waals surface area contributed by atoms with Crippen LogP contribution >= 0.6 is 15.9 Å². The third kappa shape index (κ3) is 2.43. The van der Waals surface area contributed by atoms with Gasteiger partial charge in [-0.25, -0.2) is 0 Å². The molecule has 1 aromatic rings. The van der Waals surface area contributed by atoms with Crippen molar-refractivity contribution < 1.29 is 14.2 Å². The van der Waals surface area contributed by atoms with E-state index in [4.69, 9.17) is 14.2 Å². The lowest BCUT2D eigenvalue weighted by atomic mass is 9.87. The molecular weight excluding hydrogens is 322 g/mol. The molecule has 2 heterocycles. The van der Waals surface area contributed by atoms with Crippen molar-refractivity contribution in [2.24, 2.45) is 0 Å². The number of nitrogens with one attached hydrogen (secondary N) is 1. The summed E-state index contributed by atoms with van der Waals surface area (Å²) in [4.78, 5) is 0. The highest BCUT2D eigenvalue weighted by atomic mass is 79.9. The standard InChI is InChI=1S/C15H20BrNO3/c1-15(4-3-5-20-15)14(17-2)10-8-12-13(9-11(10)16)19-7-6-18-12/h8-9,14,17H,3-7H2,1-2H3. The number of likely N-dealkylation sites (N-methyl/N-ethyl adjacent to an activating group) is 1. The number of halogens is 1. The predicted molar refractivity (Wildman–Crippen MR) is 80.5 cm³/mol. The Morgan fingerprint density at radius 3 is 2.50 bits per heavy atom. The summed E-state index contributed by atoms with van der Waals surface area (Å²) in [6.07, 6.45) is 2.16. The number of hydrogen-bond donors (Lipinski definition) is 1. The minimum absolute atomic E-state index is 0.121. The Kier molecular flexibility index (Phi) is 3.93. The maximum absolute atomic E-state index is 5.99. The molecule has 0 amide bonds. The number of hydrogen-bond acceptors (Lipinski definition) is 4. The fourth-order valence-corrected chi connectivity index (χ4v) is 3.67. The van der Waals surface area contributed by atoms with E-state index >= 15 is 0 Å². The minimum Gasteiger partial charge on any atom is -0.486 e. The fraction of sp³-hybridized carbons (Fsp3) is 0.600. The smallest absolute Gasteiger partial charge is 0.162 e. The maximum Gasteiger partial charge on any atom is 0.162 e. The van der Waals surface area contributed by atoms with Crippen molar-refractivity contribution in [2.45, 2.75) is 31.4 Å². The van der Waals surface area contributed by atoms with Gasteiger partial charge in [-0.15, -0.1) is 0 Å². The topological polar surface area (TPSA) is 39.7 Å². The highest BCUT2D eigenvalue weighted by Crippen LogP contribution is 2.43. The van der Waals surface area contributed by atoms with Gasteiger partial charge in [0.1, 0.15) is 13.2 Å². The first-order chi connectivity index (χ1) is 9.64. The molecule has 2 aliphatic heterocycles. The van der Waals surface area contributed by atoms with Crippen LogP contribution in [0.5, 0.6) is 11.5 Å². The first-order valence-electron chi connectivity index (χ1n) is 7.04. The number of ether oxygens (including phenoxy) is 3. The highest BCUT2D eigenvalue weighted by Gasteiger charge is 2.39. The van der Waals surface area contributed by atoms with Crippen LogP contribution in [0.25, 0.3) is 0 Å². The van der Waals surface area contributed by atoms with Gasteiger partial charge >= 0.3 is 0 Å². The van der Waals surface area contributed by atoms with E-state index in [1.54, 1.807) is 0 Å². The molecule has 1 N–H and O–H groups in total. The van der Waals surface area contributed by atoms with Crippen molar-refractivity contribution in [3.63, 3.8) is 0 Å². The quantitative estimate of drug-likeness (QED) is 0.917. The monoisotopic (exact) mass is 341 g/mol. The van der Waals surface area contributed by atoms with Gasteiger partial charge < -0.3 is 19.5 Å². The van der Waals surface area contributed by atoms with E-state index in [1.165, 1.54) is 0 Å². The second-order valence-corrected chi connectivity index (χ2v) is 6.36. The lowest BCUT2D eigenvalue weighted by Crippen LogP contribution is -2.40. The van der Waals surface area contributed by atoms with E-state index in [1.807, 2.05) is 13.1 Å². The first-order valence-corrected chi connectivity index (χ1v) is 7.83. The normalized spacial score (nSPS) is 26.6. The molecule has 0 aromatic heterocycles. The third-order valence-corrected chi connectivity index (χ3v) is 4.81. The molecule has 3 rings (SSSR count). The molecular formula is C15H20BrNO3. The Hall–Kier alpha value is -0.780. The fourth-order valence-electron chi connectivity index (χ4n) is 3.12. The summed E-state index contributed by atoms with van der Waals surface area (Å²) in [7, 11) is 1.97. The Labute approximate surface area is 127 Å². The van der Waals surface area contributed by atoms with Gasteiger partial charge in [0.2, 0.25) is 0 Å². The summed E-state index contributed by atoms with van der Waals surface area (Å²) in [6.45, 7) is 4.21. The SMILES string of the molecule is CNC(c1cc2c(cc1Br)OCCO2)C1(C)CCCO1. The summed E-state index contributed by atoms with van der Waals surface area (Å²) < 4.78 is 18.3. The predicted octanol–water partition coefficient (Wildman–Crippen LogP) is 3.05. The largest absolute Gasteiger partial charge is 0.486 e. The highest BCUT2D eigenvalue weighted by molar-refractivity contribution is 9.10. The molecule has 20 heavy (non-hydrogen) atoms. The van der Waals surface area contributed by atoms with Crippen molar-refractivity contribution in [1.29, 1.82) is 0 Å². The van der Waals surface area contributed by atoms with Gasteiger partial charge in [-0.3, -0.25) is 0 Å². The van der Waals surface area contributed by atoms with Gasteiger partial charge in [-0.2, -0.15) is 0 Å². The van der Waals surface area contributed by atoms with E-state index in [-0.39, 0.29) is 11.6 Å². The molecule has 2 atom stereocenters. The van der Waals surface area contributed by atoms with E-state index in [0.717, 1.165) is 41.0 Å². The molecule has 4 nitrogen and oxygen atoms in total. The Morgan fingerprint density at radius 2 is 1.90 bits per heavy atom. The number of fused-ring (bicyclic) bond motifs is 1. The summed E-state index contributed by atoms with van der Waals surface area (Å²) in [5.41, 5.74) is 0.974. The third-order valence-electron chi connectivity index (χ3n) is 4.12. The lowest BCUT2D eigenvalue weighted by Gasteiger charge is -2.34. The summed E-state index contributed by atoms with van der Waals surface area (Å²) in [6, 6.07) is 4.18. The van der Waals surface area contributed by atoms with E-state index in [9.17, 15) is 0 Å². The zero-order valence-electron chi connectivity index (χ0n) is 11.9. The van der Waals surface area contributed by atoms with Crippen molar-refractivity contribution in [2.75, 3.05) is 26.9 Å². The average molecular weight is 342 g/mol. The van der Waals surface area contributed by atoms with Crippen LogP contribution in [-0.2, 0) is 4.74 Å². The van der Waals surface area contributed by atoms with Crippen LogP contribution in [0, 0.1) is 0 Å². The van der Waals surface area contributed by atoms with Gasteiger partial charge in [0.25, 0.3) is 0 Å². The van der Waals surface area contributed by atoms with Crippen molar-refractivity contribution >= 4 is 15.9 Å². The van der Waals surface area contributed by atoms with Crippen LogP contribution in [0.15, 0.2) is 16.6 Å². The Morgan fingerprint density at radius 1 is 1.20 bits per heavy atom. The van der Waals surface area contributed by atoms with Crippen LogP contribution in [0.1, 0.15) is 31.4 Å². The van der Waals surface area contributed by atoms with Gasteiger partial charge in [-0.05, 0) is 44.5 Å². The lowest BCUT2D eigenvalue weighted by molar-refractivity contribution is -0.0107. The molecule has 0 spiro atoms. The van der Waals surface area contributed by atoms with Crippen molar-refractivity contribution in [1.82, 2.24) is 5.32 Å². The summed E-state index contributed by atoms with van der Waals surface area (Å²) >= 11 is 3.66. The van der Waals surface area contributed by atoms with Crippen molar-refractivity contribution in [3.05, 3.63) is 22.2 Å². The first kappa shape index (κ1) is 14.2. The van der Waals surface area contributed by atoms with Crippen LogP contribution in [0.3, 0.4) is 0 Å². The maximum atomic E-state index is 5.99. The molecule has 1 fully saturated rings. The minimum atomic E-state index is -0.180. The Bertz CT molecular complexity index is 500. The molecule has 2 aliphatic rings. The second-order valence-electron chi connectivity index (χ2n) is 5.50. The van der Waals surface area contributed by atoms with Crippen LogP contribution in [-0.4, -0.2) is 32.5 Å². The number of benzene rings is 1. The van der Waals surface area contributed by atoms with E-state index in [2.05, 4.69) is 34.2 Å². The molecule has 5 heteroatoms. The molecule has 110 valence electrons. The number of rotatable bonds is 3. The van der Waals surface area contributed by atoms with E-state index < -0.39 is 0 Å². The molecule has 2 unspecified atom stereocenters. The zero-order chi connectivity index (χ0) is 14.2. The van der Waals surface area contributed by atoms with Gasteiger partial charge in [0, 0.05) is 11.1 Å².